The highest BCUT2D eigenvalue weighted by molar-refractivity contribution is 6.30. The van der Waals surface area contributed by atoms with Crippen LogP contribution in [0.2, 0.25) is 5.02 Å². The smallest absolute Gasteiger partial charge is 0.131 e. The Balaban J connectivity index is 2.95. The molecule has 0 amide bonds. The summed E-state index contributed by atoms with van der Waals surface area (Å²) in [7, 11) is 0. The fourth-order valence-corrected chi connectivity index (χ4v) is 0.872. The number of nitrogens with zero attached hydrogens (tertiary/aromatic N) is 2. The maximum atomic E-state index is 10.1. The third kappa shape index (κ3) is 1.98. The monoisotopic (exact) mass is 170 g/mol. The maximum Gasteiger partial charge on any atom is 0.131 e. The van der Waals surface area contributed by atoms with Gasteiger partial charge in [0.2, 0.25) is 0 Å². The van der Waals surface area contributed by atoms with E-state index >= 15 is 0 Å². The summed E-state index contributed by atoms with van der Waals surface area (Å²) in [5, 5.41) is 3.40. The first-order valence-corrected chi connectivity index (χ1v) is 3.55. The molecule has 1 aromatic heterocycles. The van der Waals surface area contributed by atoms with E-state index in [9.17, 15) is 4.91 Å². The van der Waals surface area contributed by atoms with Crippen LogP contribution < -0.4 is 0 Å². The normalized spacial score (nSPS) is 12.5. The van der Waals surface area contributed by atoms with E-state index in [1.165, 1.54) is 0 Å². The fourth-order valence-electron chi connectivity index (χ4n) is 0.704. The van der Waals surface area contributed by atoms with E-state index in [2.05, 4.69) is 10.2 Å². The van der Waals surface area contributed by atoms with Gasteiger partial charge in [-0.05, 0) is 19.1 Å². The fraction of sp³-hybridized carbons (Fsp3) is 0.286. The quantitative estimate of drug-likeness (QED) is 0.641. The van der Waals surface area contributed by atoms with Gasteiger partial charge < -0.3 is 0 Å². The molecule has 0 saturated heterocycles. The van der Waals surface area contributed by atoms with Gasteiger partial charge in [0.1, 0.15) is 6.04 Å². The molecule has 0 N–H and O–H groups in total. The summed E-state index contributed by atoms with van der Waals surface area (Å²) in [6.45, 7) is 1.67. The molecule has 0 saturated carbocycles. The summed E-state index contributed by atoms with van der Waals surface area (Å²) in [6, 6.07) is 2.87. The lowest BCUT2D eigenvalue weighted by molar-refractivity contribution is 0.776. The van der Waals surface area contributed by atoms with Gasteiger partial charge in [-0.25, -0.2) is 0 Å². The Bertz CT molecular complexity index is 264. The van der Waals surface area contributed by atoms with Gasteiger partial charge in [-0.3, -0.25) is 4.98 Å². The van der Waals surface area contributed by atoms with E-state index in [0.29, 0.717) is 10.7 Å². The lowest BCUT2D eigenvalue weighted by Gasteiger charge is -2.00. The Morgan fingerprint density at radius 2 is 2.45 bits per heavy atom. The van der Waals surface area contributed by atoms with E-state index in [0.717, 1.165) is 0 Å². The third-order valence-electron chi connectivity index (χ3n) is 1.33. The van der Waals surface area contributed by atoms with Crippen LogP contribution in [0, 0.1) is 4.91 Å². The summed E-state index contributed by atoms with van der Waals surface area (Å²) in [4.78, 5) is 14.0. The lowest BCUT2D eigenvalue weighted by atomic mass is 10.2. The van der Waals surface area contributed by atoms with Crippen molar-refractivity contribution in [3.8, 4) is 0 Å². The van der Waals surface area contributed by atoms with Crippen LogP contribution in [0.4, 0.5) is 0 Å². The van der Waals surface area contributed by atoms with Gasteiger partial charge in [0, 0.05) is 11.2 Å². The SMILES string of the molecule is CC(N=O)c1cc(Cl)ccn1. The zero-order valence-corrected chi connectivity index (χ0v) is 6.75. The standard InChI is InChI=1S/C7H7ClN2O/c1-5(10-11)7-4-6(8)2-3-9-7/h2-5H,1H3. The highest BCUT2D eigenvalue weighted by atomic mass is 35.5. The van der Waals surface area contributed by atoms with E-state index in [4.69, 9.17) is 11.6 Å². The van der Waals surface area contributed by atoms with Crippen molar-refractivity contribution in [2.24, 2.45) is 5.18 Å². The summed E-state index contributed by atoms with van der Waals surface area (Å²) in [5.74, 6) is 0. The first-order chi connectivity index (χ1) is 5.24. The first-order valence-electron chi connectivity index (χ1n) is 3.18. The number of nitroso groups, excluding NO2 is 1. The maximum absolute atomic E-state index is 10.1. The molecule has 0 radical (unpaired) electrons. The van der Waals surface area contributed by atoms with E-state index in [-0.39, 0.29) is 0 Å². The van der Waals surface area contributed by atoms with Crippen molar-refractivity contribution >= 4 is 11.6 Å². The highest BCUT2D eigenvalue weighted by Gasteiger charge is 2.05. The van der Waals surface area contributed by atoms with Crippen LogP contribution in [-0.4, -0.2) is 4.98 Å². The zero-order valence-electron chi connectivity index (χ0n) is 5.99. The minimum Gasteiger partial charge on any atom is -0.259 e. The van der Waals surface area contributed by atoms with Crippen LogP contribution >= 0.6 is 11.6 Å². The second-order valence-electron chi connectivity index (χ2n) is 2.18. The summed E-state index contributed by atoms with van der Waals surface area (Å²) >= 11 is 5.66. The van der Waals surface area contributed by atoms with Crippen molar-refractivity contribution in [2.45, 2.75) is 13.0 Å². The molecule has 4 heteroatoms. The average Bonchev–Trinajstić information content (AvgIpc) is 2.03. The van der Waals surface area contributed by atoms with Crippen LogP contribution in [0.1, 0.15) is 18.7 Å². The van der Waals surface area contributed by atoms with Crippen molar-refractivity contribution in [3.63, 3.8) is 0 Å². The molecule has 0 spiro atoms. The Kier molecular flexibility index (Phi) is 2.54. The molecule has 0 aliphatic heterocycles. The van der Waals surface area contributed by atoms with Gasteiger partial charge in [-0.15, -0.1) is 0 Å². The van der Waals surface area contributed by atoms with Crippen LogP contribution in [-0.2, 0) is 0 Å². The Hall–Kier alpha value is -0.960. The molecule has 1 heterocycles. The Morgan fingerprint density at radius 1 is 1.73 bits per heavy atom. The number of aromatic nitrogens is 1. The van der Waals surface area contributed by atoms with Crippen molar-refractivity contribution in [2.75, 3.05) is 0 Å². The van der Waals surface area contributed by atoms with Gasteiger partial charge in [0.25, 0.3) is 0 Å². The summed E-state index contributed by atoms with van der Waals surface area (Å²) in [5.41, 5.74) is 0.604. The highest BCUT2D eigenvalue weighted by Crippen LogP contribution is 2.16. The zero-order chi connectivity index (χ0) is 8.27. The van der Waals surface area contributed by atoms with Crippen LogP contribution in [0.3, 0.4) is 0 Å². The predicted molar refractivity (Wildman–Crippen MR) is 43.5 cm³/mol. The molecule has 1 rings (SSSR count). The molecule has 0 fully saturated rings. The van der Waals surface area contributed by atoms with E-state index < -0.39 is 6.04 Å². The predicted octanol–water partition coefficient (Wildman–Crippen LogP) is 2.56. The number of hydrogen-bond donors (Lipinski definition) is 0. The van der Waals surface area contributed by atoms with Gasteiger partial charge in [0.05, 0.1) is 5.69 Å². The van der Waals surface area contributed by atoms with Crippen LogP contribution in [0.5, 0.6) is 0 Å². The molecule has 1 unspecified atom stereocenters. The van der Waals surface area contributed by atoms with Gasteiger partial charge in [-0.1, -0.05) is 16.8 Å². The van der Waals surface area contributed by atoms with Crippen molar-refractivity contribution < 1.29 is 0 Å². The second kappa shape index (κ2) is 3.44. The molecule has 0 aliphatic rings. The molecule has 0 aromatic carbocycles. The van der Waals surface area contributed by atoms with Gasteiger partial charge in [0.15, 0.2) is 0 Å². The number of hydrogen-bond acceptors (Lipinski definition) is 3. The Labute approximate surface area is 69.4 Å². The first kappa shape index (κ1) is 8.14. The molecule has 58 valence electrons. The average molecular weight is 171 g/mol. The van der Waals surface area contributed by atoms with Crippen LogP contribution in [0.15, 0.2) is 23.5 Å². The summed E-state index contributed by atoms with van der Waals surface area (Å²) in [6.07, 6.45) is 1.55. The van der Waals surface area contributed by atoms with E-state index in [1.807, 2.05) is 0 Å². The second-order valence-corrected chi connectivity index (χ2v) is 2.62. The van der Waals surface area contributed by atoms with Crippen molar-refractivity contribution in [1.29, 1.82) is 0 Å². The number of halogens is 1. The van der Waals surface area contributed by atoms with Crippen LogP contribution in [0.25, 0.3) is 0 Å². The molecule has 3 nitrogen and oxygen atoms in total. The molecule has 1 atom stereocenters. The van der Waals surface area contributed by atoms with Gasteiger partial charge in [-0.2, -0.15) is 4.91 Å². The third-order valence-corrected chi connectivity index (χ3v) is 1.56. The Morgan fingerprint density at radius 3 is 3.00 bits per heavy atom. The molecular weight excluding hydrogens is 164 g/mol. The molecular formula is C7H7ClN2O. The van der Waals surface area contributed by atoms with Gasteiger partial charge >= 0.3 is 0 Å². The molecule has 0 aliphatic carbocycles. The molecule has 1 aromatic rings. The topological polar surface area (TPSA) is 42.3 Å². The molecule has 0 bridgehead atoms. The van der Waals surface area contributed by atoms with E-state index in [1.54, 1.807) is 25.3 Å². The van der Waals surface area contributed by atoms with Crippen molar-refractivity contribution in [1.82, 2.24) is 4.98 Å². The number of pyridine rings is 1. The van der Waals surface area contributed by atoms with Crippen molar-refractivity contribution in [3.05, 3.63) is 34.0 Å². The summed E-state index contributed by atoms with van der Waals surface area (Å²) < 4.78 is 0. The minimum atomic E-state index is -0.423. The lowest BCUT2D eigenvalue weighted by Crippen LogP contribution is -1.91. The minimum absolute atomic E-state index is 0.423. The molecule has 11 heavy (non-hydrogen) atoms. The largest absolute Gasteiger partial charge is 0.259 e. The number of rotatable bonds is 2.